The van der Waals surface area contributed by atoms with Crippen molar-refractivity contribution >= 4 is 33.2 Å². The minimum Gasteiger partial charge on any atom is -0.495 e. The lowest BCUT2D eigenvalue weighted by Gasteiger charge is -2.29. The third kappa shape index (κ3) is 5.64. The maximum Gasteiger partial charge on any atom is 0.244 e. The van der Waals surface area contributed by atoms with Crippen LogP contribution in [0.5, 0.6) is 5.75 Å². The summed E-state index contributed by atoms with van der Waals surface area (Å²) in [6, 6.07) is 11.3. The molecule has 0 fully saturated rings. The molecule has 1 amide bonds. The first-order valence-electron chi connectivity index (χ1n) is 9.30. The topological polar surface area (TPSA) is 75.7 Å². The average Bonchev–Trinajstić information content (AvgIpc) is 2.67. The molecule has 0 aliphatic carbocycles. The molecular formula is C21H27ClN2O4S. The summed E-state index contributed by atoms with van der Waals surface area (Å²) in [6.45, 7) is 5.48. The number of methoxy groups -OCH3 is 1. The second kappa shape index (κ2) is 9.50. The number of amides is 1. The van der Waals surface area contributed by atoms with Gasteiger partial charge in [-0.05, 0) is 49.6 Å². The Labute approximate surface area is 177 Å². The Bertz CT molecular complexity index is 961. The van der Waals surface area contributed by atoms with E-state index >= 15 is 0 Å². The fourth-order valence-corrected chi connectivity index (χ4v) is 4.48. The maximum absolute atomic E-state index is 12.8. The predicted molar refractivity (Wildman–Crippen MR) is 117 cm³/mol. The summed E-state index contributed by atoms with van der Waals surface area (Å²) < 4.78 is 31.1. The highest BCUT2D eigenvalue weighted by Crippen LogP contribution is 2.31. The Morgan fingerprint density at radius 1 is 1.17 bits per heavy atom. The fourth-order valence-electron chi connectivity index (χ4n) is 3.06. The number of nitrogens with one attached hydrogen (secondary N) is 1. The van der Waals surface area contributed by atoms with E-state index in [2.05, 4.69) is 12.2 Å². The van der Waals surface area contributed by atoms with Gasteiger partial charge < -0.3 is 10.1 Å². The van der Waals surface area contributed by atoms with Crippen LogP contribution in [0.4, 0.5) is 5.69 Å². The molecule has 6 nitrogen and oxygen atoms in total. The van der Waals surface area contributed by atoms with Crippen LogP contribution in [0, 0.1) is 0 Å². The molecular weight excluding hydrogens is 412 g/mol. The summed E-state index contributed by atoms with van der Waals surface area (Å²) in [6.07, 6.45) is 1.99. The molecule has 0 heterocycles. The summed E-state index contributed by atoms with van der Waals surface area (Å²) in [7, 11) is -2.26. The number of ether oxygens (including phenoxy) is 1. The van der Waals surface area contributed by atoms with Gasteiger partial charge in [0.25, 0.3) is 0 Å². The van der Waals surface area contributed by atoms with Crippen molar-refractivity contribution in [3.05, 3.63) is 58.6 Å². The minimum absolute atomic E-state index is 0.260. The highest BCUT2D eigenvalue weighted by atomic mass is 35.5. The van der Waals surface area contributed by atoms with Crippen LogP contribution in [-0.4, -0.2) is 33.7 Å². The van der Waals surface area contributed by atoms with Crippen LogP contribution in [0.2, 0.25) is 5.02 Å². The van der Waals surface area contributed by atoms with E-state index in [-0.39, 0.29) is 11.1 Å². The van der Waals surface area contributed by atoms with Crippen molar-refractivity contribution in [1.29, 1.82) is 0 Å². The molecule has 2 aromatic rings. The average molecular weight is 439 g/mol. The molecule has 1 N–H and O–H groups in total. The van der Waals surface area contributed by atoms with E-state index in [0.29, 0.717) is 11.4 Å². The normalized spacial score (nSPS) is 13.4. The smallest absolute Gasteiger partial charge is 0.244 e. The SMILES string of the molecule is CCc1ccc(C(C)NC(=O)C(C)N(c2ccc(OC)c(Cl)c2)S(C)(=O)=O)cc1. The molecule has 0 aliphatic heterocycles. The number of nitrogens with zero attached hydrogens (tertiary/aromatic N) is 1. The number of hydrogen-bond acceptors (Lipinski definition) is 4. The summed E-state index contributed by atoms with van der Waals surface area (Å²) in [5, 5.41) is 3.15. The van der Waals surface area contributed by atoms with E-state index in [1.807, 2.05) is 31.2 Å². The number of rotatable bonds is 8. The third-order valence-electron chi connectivity index (χ3n) is 4.73. The minimum atomic E-state index is -3.73. The number of benzene rings is 2. The first-order valence-corrected chi connectivity index (χ1v) is 11.5. The second-order valence-electron chi connectivity index (χ2n) is 6.88. The zero-order valence-electron chi connectivity index (χ0n) is 17.3. The van der Waals surface area contributed by atoms with E-state index in [9.17, 15) is 13.2 Å². The van der Waals surface area contributed by atoms with Gasteiger partial charge in [-0.1, -0.05) is 42.8 Å². The third-order valence-corrected chi connectivity index (χ3v) is 6.26. The van der Waals surface area contributed by atoms with Crippen molar-refractivity contribution in [1.82, 2.24) is 5.32 Å². The molecule has 0 spiro atoms. The van der Waals surface area contributed by atoms with Crippen LogP contribution >= 0.6 is 11.6 Å². The van der Waals surface area contributed by atoms with Gasteiger partial charge >= 0.3 is 0 Å². The molecule has 2 unspecified atom stereocenters. The molecule has 0 saturated carbocycles. The molecule has 0 aliphatic rings. The van der Waals surface area contributed by atoms with Crippen molar-refractivity contribution < 1.29 is 17.9 Å². The fraction of sp³-hybridized carbons (Fsp3) is 0.381. The Hall–Kier alpha value is -2.25. The number of carbonyl (C=O) groups is 1. The van der Waals surface area contributed by atoms with Crippen LogP contribution in [0.25, 0.3) is 0 Å². The van der Waals surface area contributed by atoms with Crippen LogP contribution in [0.15, 0.2) is 42.5 Å². The highest BCUT2D eigenvalue weighted by Gasteiger charge is 2.30. The molecule has 0 radical (unpaired) electrons. The van der Waals surface area contributed by atoms with Gasteiger partial charge in [-0.2, -0.15) is 0 Å². The Morgan fingerprint density at radius 2 is 1.79 bits per heavy atom. The molecule has 158 valence electrons. The van der Waals surface area contributed by atoms with Gasteiger partial charge in [-0.3, -0.25) is 9.10 Å². The van der Waals surface area contributed by atoms with E-state index in [1.165, 1.54) is 18.7 Å². The van der Waals surface area contributed by atoms with Crippen molar-refractivity contribution in [2.24, 2.45) is 0 Å². The highest BCUT2D eigenvalue weighted by molar-refractivity contribution is 7.92. The number of carbonyl (C=O) groups excluding carboxylic acids is 1. The summed E-state index contributed by atoms with van der Waals surface area (Å²) in [4.78, 5) is 12.8. The van der Waals surface area contributed by atoms with Gasteiger partial charge in [-0.25, -0.2) is 8.42 Å². The molecule has 0 aromatic heterocycles. The predicted octanol–water partition coefficient (Wildman–Crippen LogP) is 3.94. The quantitative estimate of drug-likeness (QED) is 0.677. The molecule has 2 rings (SSSR count). The standard InChI is InChI=1S/C21H27ClN2O4S/c1-6-16-7-9-17(10-8-16)14(2)23-21(25)15(3)24(29(5,26)27)18-11-12-20(28-4)19(22)13-18/h7-15H,6H2,1-5H3,(H,23,25). The Kier molecular flexibility index (Phi) is 7.54. The van der Waals surface area contributed by atoms with Crippen molar-refractivity contribution in [2.45, 2.75) is 39.3 Å². The van der Waals surface area contributed by atoms with Crippen molar-refractivity contribution in [3.63, 3.8) is 0 Å². The lowest BCUT2D eigenvalue weighted by Crippen LogP contribution is -2.48. The molecule has 0 bridgehead atoms. The van der Waals surface area contributed by atoms with E-state index in [1.54, 1.807) is 19.1 Å². The van der Waals surface area contributed by atoms with Gasteiger partial charge in [-0.15, -0.1) is 0 Å². The number of hydrogen-bond donors (Lipinski definition) is 1. The van der Waals surface area contributed by atoms with E-state index < -0.39 is 22.0 Å². The van der Waals surface area contributed by atoms with Gasteiger partial charge in [0.1, 0.15) is 11.8 Å². The monoisotopic (exact) mass is 438 g/mol. The van der Waals surface area contributed by atoms with Crippen molar-refractivity contribution in [3.8, 4) is 5.75 Å². The lowest BCUT2D eigenvalue weighted by atomic mass is 10.0. The molecule has 0 saturated heterocycles. The van der Waals surface area contributed by atoms with Gasteiger partial charge in [0, 0.05) is 0 Å². The maximum atomic E-state index is 12.8. The van der Waals surface area contributed by atoms with Crippen LogP contribution < -0.4 is 14.4 Å². The van der Waals surface area contributed by atoms with Gasteiger partial charge in [0.2, 0.25) is 15.9 Å². The zero-order valence-corrected chi connectivity index (χ0v) is 18.8. The summed E-state index contributed by atoms with van der Waals surface area (Å²) >= 11 is 6.15. The first kappa shape index (κ1) is 23.0. The molecule has 29 heavy (non-hydrogen) atoms. The van der Waals surface area contributed by atoms with Crippen molar-refractivity contribution in [2.75, 3.05) is 17.7 Å². The van der Waals surface area contributed by atoms with Gasteiger partial charge in [0.05, 0.1) is 30.1 Å². The molecule has 2 atom stereocenters. The molecule has 8 heteroatoms. The molecule has 2 aromatic carbocycles. The summed E-state index contributed by atoms with van der Waals surface area (Å²) in [5.41, 5.74) is 2.45. The number of anilines is 1. The second-order valence-corrected chi connectivity index (χ2v) is 9.15. The Morgan fingerprint density at radius 3 is 2.28 bits per heavy atom. The lowest BCUT2D eigenvalue weighted by molar-refractivity contribution is -0.122. The Balaban J connectivity index is 2.25. The van der Waals surface area contributed by atoms with E-state index in [4.69, 9.17) is 16.3 Å². The number of aryl methyl sites for hydroxylation is 1. The number of sulfonamides is 1. The summed E-state index contributed by atoms with van der Waals surface area (Å²) in [5.74, 6) is 0.0135. The largest absolute Gasteiger partial charge is 0.495 e. The first-order chi connectivity index (χ1) is 13.6. The zero-order chi connectivity index (χ0) is 21.8. The number of halogens is 1. The van der Waals surface area contributed by atoms with E-state index in [0.717, 1.165) is 22.5 Å². The van der Waals surface area contributed by atoms with Gasteiger partial charge in [0.15, 0.2) is 0 Å². The van der Waals surface area contributed by atoms with Crippen LogP contribution in [0.3, 0.4) is 0 Å². The van der Waals surface area contributed by atoms with Crippen LogP contribution in [0.1, 0.15) is 37.9 Å². The van der Waals surface area contributed by atoms with Crippen LogP contribution in [-0.2, 0) is 21.2 Å².